The number of phenols is 1. The van der Waals surface area contributed by atoms with Crippen LogP contribution in [0.4, 0.5) is 22.0 Å². The molecule has 4 rings (SSSR count). The van der Waals surface area contributed by atoms with Crippen molar-refractivity contribution in [2.45, 2.75) is 127 Å². The lowest BCUT2D eigenvalue weighted by molar-refractivity contribution is -0.284. The molecule has 2 fully saturated rings. The van der Waals surface area contributed by atoms with Crippen molar-refractivity contribution in [3.8, 4) is 5.75 Å². The van der Waals surface area contributed by atoms with E-state index < -0.39 is 35.7 Å². The van der Waals surface area contributed by atoms with E-state index in [1.807, 2.05) is 12.1 Å². The first-order valence-electron chi connectivity index (χ1n) is 15.6. The van der Waals surface area contributed by atoms with E-state index in [-0.39, 0.29) is 17.3 Å². The number of alkyl halides is 5. The second kappa shape index (κ2) is 13.6. The molecule has 0 spiro atoms. The van der Waals surface area contributed by atoms with Crippen molar-refractivity contribution in [3.63, 3.8) is 0 Å². The fourth-order valence-corrected chi connectivity index (χ4v) is 9.48. The highest BCUT2D eigenvalue weighted by molar-refractivity contribution is 7.84. The number of aliphatic hydroxyl groups is 1. The third-order valence-corrected chi connectivity index (χ3v) is 12.0. The Morgan fingerprint density at radius 1 is 0.927 bits per heavy atom. The molecular formula is C32H47F5O3S. The van der Waals surface area contributed by atoms with E-state index in [1.165, 1.54) is 11.1 Å². The van der Waals surface area contributed by atoms with Gasteiger partial charge in [0, 0.05) is 28.7 Å². The van der Waals surface area contributed by atoms with Crippen LogP contribution in [-0.4, -0.2) is 44.1 Å². The Kier molecular flexibility index (Phi) is 10.8. The van der Waals surface area contributed by atoms with Crippen LogP contribution < -0.4 is 0 Å². The number of hydrogen-bond acceptors (Lipinski definition) is 3. The van der Waals surface area contributed by atoms with E-state index in [0.717, 1.165) is 77.0 Å². The monoisotopic (exact) mass is 606 g/mol. The van der Waals surface area contributed by atoms with Crippen LogP contribution >= 0.6 is 0 Å². The topological polar surface area (TPSA) is 57.5 Å². The van der Waals surface area contributed by atoms with Gasteiger partial charge in [-0.1, -0.05) is 51.5 Å². The largest absolute Gasteiger partial charge is 0.508 e. The smallest absolute Gasteiger partial charge is 0.453 e. The highest BCUT2D eigenvalue weighted by Crippen LogP contribution is 2.62. The molecule has 0 aliphatic heterocycles. The number of halogens is 5. The molecule has 9 heteroatoms. The summed E-state index contributed by atoms with van der Waals surface area (Å²) >= 11 is 0. The standard InChI is InChI=1S/C32H47F5O3S/c1-30-17-15-26-25-12-11-24(38)21-23(25)20-22(29(26)27(30)13-14-28(30)39)10-7-5-3-2-4-6-8-18-41(40)19-9-16-31(33,34)32(35,36)37/h11-12,21-22,26-29,38-39H,2-10,13-20H2,1H3/t22-,26+,27+,28+,29-,30-,41-/m1/s1. The summed E-state index contributed by atoms with van der Waals surface area (Å²) in [5.74, 6) is -1.91. The van der Waals surface area contributed by atoms with Gasteiger partial charge in [0.15, 0.2) is 0 Å². The number of fused-ring (bicyclic) bond motifs is 5. The van der Waals surface area contributed by atoms with Crippen LogP contribution in [0.15, 0.2) is 18.2 Å². The Morgan fingerprint density at radius 2 is 1.59 bits per heavy atom. The Labute approximate surface area is 244 Å². The summed E-state index contributed by atoms with van der Waals surface area (Å²) in [6.07, 6.45) is 5.97. The highest BCUT2D eigenvalue weighted by atomic mass is 32.2. The molecule has 1 aromatic carbocycles. The minimum absolute atomic E-state index is 0.0195. The lowest BCUT2D eigenvalue weighted by Crippen LogP contribution is -2.47. The molecule has 0 unspecified atom stereocenters. The predicted molar refractivity (Wildman–Crippen MR) is 153 cm³/mol. The maximum Gasteiger partial charge on any atom is 0.453 e. The van der Waals surface area contributed by atoms with Gasteiger partial charge in [0.25, 0.3) is 0 Å². The highest BCUT2D eigenvalue weighted by Gasteiger charge is 2.57. The molecule has 0 radical (unpaired) electrons. The zero-order chi connectivity index (χ0) is 29.8. The molecule has 1 aromatic rings. The Balaban J connectivity index is 1.15. The van der Waals surface area contributed by atoms with Gasteiger partial charge in [0.1, 0.15) is 5.75 Å². The van der Waals surface area contributed by atoms with E-state index in [0.29, 0.717) is 41.6 Å². The predicted octanol–water partition coefficient (Wildman–Crippen LogP) is 8.68. The number of unbranched alkanes of at least 4 members (excludes halogenated alkanes) is 6. The van der Waals surface area contributed by atoms with Crippen LogP contribution in [0, 0.1) is 23.2 Å². The van der Waals surface area contributed by atoms with Crippen molar-refractivity contribution in [2.24, 2.45) is 23.2 Å². The van der Waals surface area contributed by atoms with E-state index >= 15 is 0 Å². The fraction of sp³-hybridized carbons (Fsp3) is 0.812. The molecule has 2 saturated carbocycles. The molecule has 0 heterocycles. The third-order valence-electron chi connectivity index (χ3n) is 10.6. The number of aromatic hydroxyl groups is 1. The van der Waals surface area contributed by atoms with Gasteiger partial charge in [0.05, 0.1) is 6.10 Å². The minimum Gasteiger partial charge on any atom is -0.508 e. The second-order valence-corrected chi connectivity index (χ2v) is 14.9. The Bertz CT molecular complexity index is 1030. The summed E-state index contributed by atoms with van der Waals surface area (Å²) in [6.45, 7) is 2.30. The maximum atomic E-state index is 13.0. The first-order valence-corrected chi connectivity index (χ1v) is 17.1. The van der Waals surface area contributed by atoms with Crippen LogP contribution in [0.3, 0.4) is 0 Å². The molecule has 7 atom stereocenters. The lowest BCUT2D eigenvalue weighted by atomic mass is 9.52. The van der Waals surface area contributed by atoms with Crippen LogP contribution in [0.5, 0.6) is 5.75 Å². The van der Waals surface area contributed by atoms with E-state index in [4.69, 9.17) is 0 Å². The van der Waals surface area contributed by atoms with Gasteiger partial charge in [-0.2, -0.15) is 22.0 Å². The molecule has 3 aliphatic rings. The van der Waals surface area contributed by atoms with Crippen molar-refractivity contribution in [1.29, 1.82) is 0 Å². The first kappa shape index (κ1) is 32.7. The summed E-state index contributed by atoms with van der Waals surface area (Å²) in [5.41, 5.74) is 2.73. The van der Waals surface area contributed by atoms with Gasteiger partial charge < -0.3 is 10.2 Å². The summed E-state index contributed by atoms with van der Waals surface area (Å²) in [7, 11) is -1.35. The molecule has 0 saturated heterocycles. The molecular weight excluding hydrogens is 559 g/mol. The minimum atomic E-state index is -5.54. The Hall–Kier alpha value is -1.22. The van der Waals surface area contributed by atoms with Crippen LogP contribution in [0.1, 0.15) is 114 Å². The average molecular weight is 607 g/mol. The van der Waals surface area contributed by atoms with Gasteiger partial charge >= 0.3 is 12.1 Å². The average Bonchev–Trinajstić information content (AvgIpc) is 3.20. The van der Waals surface area contributed by atoms with Crippen molar-refractivity contribution >= 4 is 10.8 Å². The second-order valence-electron chi connectivity index (χ2n) is 13.2. The van der Waals surface area contributed by atoms with Crippen molar-refractivity contribution in [1.82, 2.24) is 0 Å². The van der Waals surface area contributed by atoms with Gasteiger partial charge in [-0.15, -0.1) is 0 Å². The summed E-state index contributed by atoms with van der Waals surface area (Å²) < 4.78 is 74.5. The number of phenolic OH excluding ortho intramolecular Hbond substituents is 1. The zero-order valence-electron chi connectivity index (χ0n) is 24.2. The Morgan fingerprint density at radius 3 is 2.29 bits per heavy atom. The summed E-state index contributed by atoms with van der Waals surface area (Å²) in [6, 6.07) is 5.92. The van der Waals surface area contributed by atoms with Crippen LogP contribution in [0.2, 0.25) is 0 Å². The molecule has 3 nitrogen and oxygen atoms in total. The SMILES string of the molecule is C[C@@]12CC[C@H]3c4ccc(O)cc4C[C@@H](CCCCCCCCC[S@@](=O)CCCC(F)(F)C(F)(F)F)[C@H]3[C@@H]1CC[C@@H]2O. The third kappa shape index (κ3) is 7.66. The lowest BCUT2D eigenvalue weighted by Gasteiger charge is -2.53. The molecule has 0 bridgehead atoms. The number of benzene rings is 1. The van der Waals surface area contributed by atoms with Crippen molar-refractivity contribution < 1.29 is 36.4 Å². The van der Waals surface area contributed by atoms with Crippen molar-refractivity contribution in [3.05, 3.63) is 29.3 Å². The molecule has 41 heavy (non-hydrogen) atoms. The summed E-state index contributed by atoms with van der Waals surface area (Å²) in [4.78, 5) is 0. The van der Waals surface area contributed by atoms with Crippen molar-refractivity contribution in [2.75, 3.05) is 11.5 Å². The van der Waals surface area contributed by atoms with Gasteiger partial charge in [-0.25, -0.2) is 0 Å². The molecule has 0 amide bonds. The number of aliphatic hydroxyl groups excluding tert-OH is 1. The van der Waals surface area contributed by atoms with E-state index in [9.17, 15) is 36.4 Å². The molecule has 234 valence electrons. The number of rotatable bonds is 14. The van der Waals surface area contributed by atoms with Crippen LogP contribution in [0.25, 0.3) is 0 Å². The molecule has 2 N–H and O–H groups in total. The first-order chi connectivity index (χ1) is 19.3. The number of hydrogen-bond donors (Lipinski definition) is 2. The molecule has 0 aromatic heterocycles. The van der Waals surface area contributed by atoms with E-state index in [1.54, 1.807) is 0 Å². The van der Waals surface area contributed by atoms with Gasteiger partial charge in [0.2, 0.25) is 0 Å². The van der Waals surface area contributed by atoms with Crippen LogP contribution in [-0.2, 0) is 17.2 Å². The van der Waals surface area contributed by atoms with E-state index in [2.05, 4.69) is 13.0 Å². The van der Waals surface area contributed by atoms with Gasteiger partial charge in [-0.05, 0) is 104 Å². The zero-order valence-corrected chi connectivity index (χ0v) is 25.1. The maximum absolute atomic E-state index is 13.0. The van der Waals surface area contributed by atoms with Gasteiger partial charge in [-0.3, -0.25) is 4.21 Å². The summed E-state index contributed by atoms with van der Waals surface area (Å²) in [5, 5.41) is 21.0. The normalized spacial score (nSPS) is 30.5. The fourth-order valence-electron chi connectivity index (χ4n) is 8.28. The quantitative estimate of drug-likeness (QED) is 0.165. The molecule has 3 aliphatic carbocycles.